The Morgan fingerprint density at radius 3 is 2.94 bits per heavy atom. The number of nitriles is 1. The van der Waals surface area contributed by atoms with Crippen molar-refractivity contribution in [2.24, 2.45) is 0 Å². The fourth-order valence-corrected chi connectivity index (χ4v) is 4.98. The molecule has 8 nitrogen and oxygen atoms in total. The lowest BCUT2D eigenvalue weighted by Gasteiger charge is -2.26. The van der Waals surface area contributed by atoms with Crippen LogP contribution in [0.15, 0.2) is 43.0 Å². The number of aryl methyl sites for hydroxylation is 1. The highest BCUT2D eigenvalue weighted by molar-refractivity contribution is 7.16. The number of amides is 2. The van der Waals surface area contributed by atoms with Crippen molar-refractivity contribution in [2.45, 2.75) is 32.7 Å². The van der Waals surface area contributed by atoms with Gasteiger partial charge in [-0.15, -0.1) is 11.3 Å². The van der Waals surface area contributed by atoms with Crippen molar-refractivity contribution in [1.82, 2.24) is 14.5 Å². The van der Waals surface area contributed by atoms with E-state index in [1.165, 1.54) is 22.2 Å². The van der Waals surface area contributed by atoms with Gasteiger partial charge in [-0.2, -0.15) is 5.26 Å². The van der Waals surface area contributed by atoms with E-state index >= 15 is 0 Å². The Morgan fingerprint density at radius 1 is 1.34 bits per heavy atom. The maximum atomic E-state index is 12.6. The van der Waals surface area contributed by atoms with Crippen LogP contribution in [0.2, 0.25) is 0 Å². The molecule has 32 heavy (non-hydrogen) atoms. The Hall–Kier alpha value is -3.64. The van der Waals surface area contributed by atoms with Gasteiger partial charge < -0.3 is 15.0 Å². The first-order chi connectivity index (χ1) is 15.6. The average molecular weight is 450 g/mol. The third-order valence-corrected chi connectivity index (χ3v) is 6.44. The van der Waals surface area contributed by atoms with E-state index in [1.54, 1.807) is 17.3 Å². The van der Waals surface area contributed by atoms with E-state index in [9.17, 15) is 14.9 Å². The highest BCUT2D eigenvalue weighted by Crippen LogP contribution is 2.37. The van der Waals surface area contributed by atoms with Crippen molar-refractivity contribution in [1.29, 1.82) is 5.26 Å². The van der Waals surface area contributed by atoms with Gasteiger partial charge in [-0.3, -0.25) is 9.36 Å². The molecule has 1 N–H and O–H groups in total. The van der Waals surface area contributed by atoms with Crippen molar-refractivity contribution in [3.8, 4) is 11.8 Å². The molecule has 3 aromatic rings. The number of anilines is 1. The number of fused-ring (bicyclic) bond motifs is 1. The highest BCUT2D eigenvalue weighted by atomic mass is 32.1. The van der Waals surface area contributed by atoms with Gasteiger partial charge >= 0.3 is 6.03 Å². The summed E-state index contributed by atoms with van der Waals surface area (Å²) in [6.45, 7) is 3.41. The molecule has 4 rings (SSSR count). The zero-order chi connectivity index (χ0) is 22.5. The summed E-state index contributed by atoms with van der Waals surface area (Å²) in [6.07, 6.45) is 6.05. The topological polar surface area (TPSA) is 100 Å². The van der Waals surface area contributed by atoms with E-state index in [2.05, 4.69) is 16.4 Å². The van der Waals surface area contributed by atoms with Crippen molar-refractivity contribution in [3.63, 3.8) is 0 Å². The standard InChI is InChI=1S/C23H23N5O3S/c1-2-31-19-6-4-3-5-16(19)7-8-21(29)26-22-18(13-24)17-9-11-27(14-20(17)32-22)23(30)28-12-10-25-15-28/h3-6,10,12,15H,2,7-9,11,14H2,1H3,(H,26,29). The number of ether oxygens (including phenoxy) is 1. The van der Waals surface area contributed by atoms with Gasteiger partial charge in [-0.05, 0) is 37.0 Å². The molecule has 0 aliphatic carbocycles. The van der Waals surface area contributed by atoms with E-state index in [0.29, 0.717) is 43.1 Å². The van der Waals surface area contributed by atoms with Crippen LogP contribution in [0.4, 0.5) is 9.80 Å². The number of carbonyl (C=O) groups excluding carboxylic acids is 2. The molecule has 0 saturated carbocycles. The predicted octanol–water partition coefficient (Wildman–Crippen LogP) is 3.81. The number of hydrogen-bond acceptors (Lipinski definition) is 6. The van der Waals surface area contributed by atoms with Gasteiger partial charge in [-0.1, -0.05) is 18.2 Å². The second-order valence-electron chi connectivity index (χ2n) is 7.33. The molecule has 9 heteroatoms. The molecular weight excluding hydrogens is 426 g/mol. The largest absolute Gasteiger partial charge is 0.494 e. The number of benzene rings is 1. The van der Waals surface area contributed by atoms with Gasteiger partial charge in [0.1, 0.15) is 23.1 Å². The molecule has 0 unspecified atom stereocenters. The Bertz CT molecular complexity index is 1160. The quantitative estimate of drug-likeness (QED) is 0.617. The third kappa shape index (κ3) is 4.50. The molecular formula is C23H23N5O3S. The Kier molecular flexibility index (Phi) is 6.52. The first-order valence-corrected chi connectivity index (χ1v) is 11.2. The number of hydrogen-bond donors (Lipinski definition) is 1. The van der Waals surface area contributed by atoms with Gasteiger partial charge in [0.25, 0.3) is 0 Å². The maximum absolute atomic E-state index is 12.6. The van der Waals surface area contributed by atoms with Crippen LogP contribution in [0.1, 0.15) is 34.9 Å². The van der Waals surface area contributed by atoms with Crippen LogP contribution in [-0.4, -0.2) is 39.5 Å². The van der Waals surface area contributed by atoms with E-state index in [4.69, 9.17) is 4.74 Å². The summed E-state index contributed by atoms with van der Waals surface area (Å²) in [4.78, 5) is 31.8. The van der Waals surface area contributed by atoms with Gasteiger partial charge in [0.05, 0.1) is 18.7 Å². The first kappa shape index (κ1) is 21.6. The minimum absolute atomic E-state index is 0.154. The van der Waals surface area contributed by atoms with Crippen LogP contribution in [0.3, 0.4) is 0 Å². The second-order valence-corrected chi connectivity index (χ2v) is 8.44. The van der Waals surface area contributed by atoms with E-state index in [0.717, 1.165) is 21.8 Å². The number of nitrogens with one attached hydrogen (secondary N) is 1. The third-order valence-electron chi connectivity index (χ3n) is 5.31. The van der Waals surface area contributed by atoms with Crippen molar-refractivity contribution in [3.05, 3.63) is 64.6 Å². The monoisotopic (exact) mass is 449 g/mol. The normalized spacial score (nSPS) is 12.7. The predicted molar refractivity (Wildman–Crippen MR) is 121 cm³/mol. The van der Waals surface area contributed by atoms with Crippen LogP contribution in [0.5, 0.6) is 5.75 Å². The molecule has 2 amide bonds. The number of imidazole rings is 1. The molecule has 1 aliphatic heterocycles. The van der Waals surface area contributed by atoms with Crippen LogP contribution in [0, 0.1) is 11.3 Å². The summed E-state index contributed by atoms with van der Waals surface area (Å²) in [6, 6.07) is 9.77. The van der Waals surface area contributed by atoms with E-state index < -0.39 is 0 Å². The van der Waals surface area contributed by atoms with Crippen LogP contribution >= 0.6 is 11.3 Å². The molecule has 0 radical (unpaired) electrons. The number of para-hydroxylation sites is 1. The van der Waals surface area contributed by atoms with Gasteiger partial charge in [0.2, 0.25) is 5.91 Å². The zero-order valence-electron chi connectivity index (χ0n) is 17.7. The van der Waals surface area contributed by atoms with E-state index in [1.807, 2.05) is 31.2 Å². The summed E-state index contributed by atoms with van der Waals surface area (Å²) in [5.41, 5.74) is 2.40. The molecule has 0 saturated heterocycles. The molecule has 0 spiro atoms. The molecule has 1 aliphatic rings. The minimum atomic E-state index is -0.155. The smallest absolute Gasteiger partial charge is 0.329 e. The summed E-state index contributed by atoms with van der Waals surface area (Å²) in [5, 5.41) is 13.2. The highest BCUT2D eigenvalue weighted by Gasteiger charge is 2.28. The number of aromatic nitrogens is 2. The first-order valence-electron chi connectivity index (χ1n) is 10.4. The SMILES string of the molecule is CCOc1ccccc1CCC(=O)Nc1sc2c(c1C#N)CCN(C(=O)n1ccnc1)C2. The molecule has 0 atom stereocenters. The van der Waals surface area contributed by atoms with E-state index in [-0.39, 0.29) is 18.4 Å². The molecule has 0 fully saturated rings. The van der Waals surface area contributed by atoms with Crippen molar-refractivity contribution < 1.29 is 14.3 Å². The van der Waals surface area contributed by atoms with Gasteiger partial charge in [0.15, 0.2) is 0 Å². The number of rotatable bonds is 6. The van der Waals surface area contributed by atoms with Gasteiger partial charge in [0, 0.05) is 30.2 Å². The van der Waals surface area contributed by atoms with Crippen molar-refractivity contribution in [2.75, 3.05) is 18.5 Å². The minimum Gasteiger partial charge on any atom is -0.494 e. The summed E-state index contributed by atoms with van der Waals surface area (Å²) in [5.74, 6) is 0.632. The lowest BCUT2D eigenvalue weighted by molar-refractivity contribution is -0.116. The summed E-state index contributed by atoms with van der Waals surface area (Å²) < 4.78 is 7.06. The Balaban J connectivity index is 1.43. The Labute approximate surface area is 190 Å². The fourth-order valence-electron chi connectivity index (χ4n) is 3.75. The molecule has 2 aromatic heterocycles. The van der Waals surface area contributed by atoms with Crippen LogP contribution in [-0.2, 0) is 24.2 Å². The molecule has 0 bridgehead atoms. The molecule has 164 valence electrons. The van der Waals surface area contributed by atoms with Crippen molar-refractivity contribution >= 4 is 28.3 Å². The maximum Gasteiger partial charge on any atom is 0.329 e. The average Bonchev–Trinajstić information content (AvgIpc) is 3.45. The number of thiophene rings is 1. The summed E-state index contributed by atoms with van der Waals surface area (Å²) in [7, 11) is 0. The number of carbonyl (C=O) groups is 2. The Morgan fingerprint density at radius 2 is 2.19 bits per heavy atom. The lowest BCUT2D eigenvalue weighted by atomic mass is 10.0. The zero-order valence-corrected chi connectivity index (χ0v) is 18.5. The van der Waals surface area contributed by atoms with Crippen LogP contribution < -0.4 is 10.1 Å². The molecule has 1 aromatic carbocycles. The summed E-state index contributed by atoms with van der Waals surface area (Å²) >= 11 is 1.37. The second kappa shape index (κ2) is 9.66. The lowest BCUT2D eigenvalue weighted by Crippen LogP contribution is -2.37. The number of nitrogens with zero attached hydrogens (tertiary/aromatic N) is 4. The molecule has 3 heterocycles. The van der Waals surface area contributed by atoms with Gasteiger partial charge in [-0.25, -0.2) is 9.78 Å². The van der Waals surface area contributed by atoms with Crippen LogP contribution in [0.25, 0.3) is 0 Å². The fraction of sp³-hybridized carbons (Fsp3) is 0.304.